The maximum Gasteiger partial charge on any atom is 0.323 e. The summed E-state index contributed by atoms with van der Waals surface area (Å²) in [6, 6.07) is 9.70. The van der Waals surface area contributed by atoms with Crippen molar-refractivity contribution in [2.45, 2.75) is 0 Å². The summed E-state index contributed by atoms with van der Waals surface area (Å²) in [6.07, 6.45) is 1.71. The fourth-order valence-electron chi connectivity index (χ4n) is 3.68. The molecule has 3 aromatic rings. The van der Waals surface area contributed by atoms with E-state index in [1.54, 1.807) is 16.9 Å². The molecule has 0 saturated carbocycles. The molecule has 2 amide bonds. The van der Waals surface area contributed by atoms with Gasteiger partial charge in [-0.05, 0) is 36.4 Å². The monoisotopic (exact) mass is 456 g/mol. The molecule has 1 fully saturated rings. The lowest BCUT2D eigenvalue weighted by Crippen LogP contribution is -2.39. The zero-order chi connectivity index (χ0) is 23.2. The highest BCUT2D eigenvalue weighted by atomic mass is 19.1. The molecule has 1 aliphatic rings. The fourth-order valence-corrected chi connectivity index (χ4v) is 3.68. The second kappa shape index (κ2) is 10.4. The standard InChI is InChI=1S/C23H26F2N6O2/c1-30-22(6-7-27-30)18-15-17(28-23(32)29-21-4-2-16(24)14-19(21)25)3-5-20(18)26-8-9-31-10-12-33-13-11-31/h2-7,14-15,26H,8-13H2,1H3,(H2,28,29,32). The Morgan fingerprint density at radius 3 is 2.58 bits per heavy atom. The number of morpholine rings is 1. The molecule has 1 aliphatic heterocycles. The van der Waals surface area contributed by atoms with Crippen LogP contribution in [-0.4, -0.2) is 60.1 Å². The highest BCUT2D eigenvalue weighted by Crippen LogP contribution is 2.30. The molecule has 10 heteroatoms. The lowest BCUT2D eigenvalue weighted by atomic mass is 10.1. The summed E-state index contributed by atoms with van der Waals surface area (Å²) < 4.78 is 34.1. The van der Waals surface area contributed by atoms with Crippen molar-refractivity contribution in [2.24, 2.45) is 7.05 Å². The Balaban J connectivity index is 1.47. The third-order valence-corrected chi connectivity index (χ3v) is 5.40. The van der Waals surface area contributed by atoms with Crippen LogP contribution < -0.4 is 16.0 Å². The highest BCUT2D eigenvalue weighted by molar-refractivity contribution is 6.00. The van der Waals surface area contributed by atoms with Gasteiger partial charge in [-0.1, -0.05) is 0 Å². The average Bonchev–Trinajstić information content (AvgIpc) is 3.23. The summed E-state index contributed by atoms with van der Waals surface area (Å²) in [6.45, 7) is 4.99. The number of anilines is 3. The predicted octanol–water partition coefficient (Wildman–Crippen LogP) is 3.75. The van der Waals surface area contributed by atoms with Gasteiger partial charge in [0.15, 0.2) is 0 Å². The summed E-state index contributed by atoms with van der Waals surface area (Å²) in [5.74, 6) is -1.56. The lowest BCUT2D eigenvalue weighted by Gasteiger charge is -2.27. The van der Waals surface area contributed by atoms with Crippen molar-refractivity contribution in [2.75, 3.05) is 55.3 Å². The van der Waals surface area contributed by atoms with Gasteiger partial charge in [0.25, 0.3) is 0 Å². The number of nitrogens with zero attached hydrogens (tertiary/aromatic N) is 3. The number of amides is 2. The molecule has 0 atom stereocenters. The molecule has 1 aromatic heterocycles. The number of aromatic nitrogens is 2. The van der Waals surface area contributed by atoms with E-state index in [1.807, 2.05) is 25.2 Å². The molecule has 8 nitrogen and oxygen atoms in total. The molecule has 0 aliphatic carbocycles. The number of urea groups is 1. The summed E-state index contributed by atoms with van der Waals surface area (Å²) in [5.41, 5.74) is 3.05. The van der Waals surface area contributed by atoms with Crippen molar-refractivity contribution in [1.82, 2.24) is 14.7 Å². The number of nitrogens with one attached hydrogen (secondary N) is 3. The molecule has 33 heavy (non-hydrogen) atoms. The van der Waals surface area contributed by atoms with Gasteiger partial charge in [-0.25, -0.2) is 13.6 Å². The van der Waals surface area contributed by atoms with Crippen LogP contribution in [0.25, 0.3) is 11.3 Å². The third kappa shape index (κ3) is 5.85. The van der Waals surface area contributed by atoms with E-state index in [0.29, 0.717) is 11.8 Å². The van der Waals surface area contributed by atoms with E-state index in [1.165, 1.54) is 6.07 Å². The second-order valence-electron chi connectivity index (χ2n) is 7.68. The van der Waals surface area contributed by atoms with Gasteiger partial charge in [0, 0.05) is 62.4 Å². The summed E-state index contributed by atoms with van der Waals surface area (Å²) in [7, 11) is 1.84. The molecular weight excluding hydrogens is 430 g/mol. The molecule has 0 unspecified atom stereocenters. The van der Waals surface area contributed by atoms with Crippen LogP contribution >= 0.6 is 0 Å². The maximum absolute atomic E-state index is 13.8. The zero-order valence-electron chi connectivity index (χ0n) is 18.3. The number of rotatable bonds is 7. The van der Waals surface area contributed by atoms with Crippen molar-refractivity contribution in [3.05, 3.63) is 60.3 Å². The van der Waals surface area contributed by atoms with Crippen LogP contribution in [-0.2, 0) is 11.8 Å². The first-order chi connectivity index (χ1) is 16.0. The number of benzene rings is 2. The van der Waals surface area contributed by atoms with Crippen LogP contribution in [0.5, 0.6) is 0 Å². The van der Waals surface area contributed by atoms with Gasteiger partial charge in [-0.2, -0.15) is 5.10 Å². The first kappa shape index (κ1) is 22.7. The van der Waals surface area contributed by atoms with Crippen LogP contribution in [0.2, 0.25) is 0 Å². The third-order valence-electron chi connectivity index (χ3n) is 5.40. The number of hydrogen-bond acceptors (Lipinski definition) is 5. The number of halogens is 2. The molecule has 3 N–H and O–H groups in total. The Morgan fingerprint density at radius 1 is 1.06 bits per heavy atom. The number of carbonyl (C=O) groups excluding carboxylic acids is 1. The Kier molecular flexibility index (Phi) is 7.16. The van der Waals surface area contributed by atoms with Gasteiger partial charge in [0.05, 0.1) is 24.6 Å². The topological polar surface area (TPSA) is 83.5 Å². The van der Waals surface area contributed by atoms with Crippen molar-refractivity contribution >= 4 is 23.1 Å². The molecule has 1 saturated heterocycles. The SMILES string of the molecule is Cn1nccc1-c1cc(NC(=O)Nc2ccc(F)cc2F)ccc1NCCN1CCOCC1. The molecule has 0 bridgehead atoms. The lowest BCUT2D eigenvalue weighted by molar-refractivity contribution is 0.0398. The molecule has 2 heterocycles. The van der Waals surface area contributed by atoms with E-state index in [-0.39, 0.29) is 5.69 Å². The van der Waals surface area contributed by atoms with Crippen LogP contribution in [0.1, 0.15) is 0 Å². The number of hydrogen-bond donors (Lipinski definition) is 3. The first-order valence-electron chi connectivity index (χ1n) is 10.7. The first-order valence-corrected chi connectivity index (χ1v) is 10.7. The van der Waals surface area contributed by atoms with E-state index < -0.39 is 17.7 Å². The Morgan fingerprint density at radius 2 is 1.85 bits per heavy atom. The maximum atomic E-state index is 13.8. The highest BCUT2D eigenvalue weighted by Gasteiger charge is 2.14. The smallest absolute Gasteiger partial charge is 0.323 e. The molecule has 2 aromatic carbocycles. The fraction of sp³-hybridized carbons (Fsp3) is 0.304. The summed E-state index contributed by atoms with van der Waals surface area (Å²) in [4.78, 5) is 14.7. The van der Waals surface area contributed by atoms with Crippen molar-refractivity contribution in [3.8, 4) is 11.3 Å². The summed E-state index contributed by atoms with van der Waals surface area (Å²) in [5, 5.41) is 12.8. The average molecular weight is 456 g/mol. The van der Waals surface area contributed by atoms with Gasteiger partial charge in [-0.3, -0.25) is 9.58 Å². The normalized spacial score (nSPS) is 14.2. The van der Waals surface area contributed by atoms with Crippen LogP contribution in [0.3, 0.4) is 0 Å². The minimum absolute atomic E-state index is 0.109. The van der Waals surface area contributed by atoms with Crippen molar-refractivity contribution in [1.29, 1.82) is 0 Å². The van der Waals surface area contributed by atoms with E-state index >= 15 is 0 Å². The molecular formula is C23H26F2N6O2. The van der Waals surface area contributed by atoms with E-state index in [4.69, 9.17) is 4.74 Å². The largest absolute Gasteiger partial charge is 0.383 e. The Bertz CT molecular complexity index is 1110. The van der Waals surface area contributed by atoms with Gasteiger partial charge < -0.3 is 20.7 Å². The molecule has 0 spiro atoms. The van der Waals surface area contributed by atoms with Crippen molar-refractivity contribution in [3.63, 3.8) is 0 Å². The minimum atomic E-state index is -0.847. The van der Waals surface area contributed by atoms with Gasteiger partial charge in [0.1, 0.15) is 11.6 Å². The van der Waals surface area contributed by atoms with Crippen LogP contribution in [0.15, 0.2) is 48.7 Å². The van der Waals surface area contributed by atoms with E-state index in [2.05, 4.69) is 25.9 Å². The van der Waals surface area contributed by atoms with Gasteiger partial charge in [0.2, 0.25) is 0 Å². The minimum Gasteiger partial charge on any atom is -0.383 e. The van der Waals surface area contributed by atoms with E-state index in [9.17, 15) is 13.6 Å². The van der Waals surface area contributed by atoms with Crippen molar-refractivity contribution < 1.29 is 18.3 Å². The summed E-state index contributed by atoms with van der Waals surface area (Å²) >= 11 is 0. The molecule has 0 radical (unpaired) electrons. The zero-order valence-corrected chi connectivity index (χ0v) is 18.3. The second-order valence-corrected chi connectivity index (χ2v) is 7.68. The predicted molar refractivity (Wildman–Crippen MR) is 123 cm³/mol. The number of carbonyl (C=O) groups is 1. The molecule has 174 valence electrons. The van der Waals surface area contributed by atoms with Crippen LogP contribution in [0.4, 0.5) is 30.6 Å². The van der Waals surface area contributed by atoms with Crippen LogP contribution in [0, 0.1) is 11.6 Å². The number of aryl methyl sites for hydroxylation is 1. The Hall–Kier alpha value is -3.50. The van der Waals surface area contributed by atoms with Gasteiger partial charge in [-0.15, -0.1) is 0 Å². The quantitative estimate of drug-likeness (QED) is 0.504. The number of ether oxygens (including phenoxy) is 1. The van der Waals surface area contributed by atoms with Gasteiger partial charge >= 0.3 is 6.03 Å². The van der Waals surface area contributed by atoms with E-state index in [0.717, 1.165) is 62.4 Å². The Labute approximate surface area is 190 Å². The molecule has 4 rings (SSSR count).